The molecule has 4 rings (SSSR count). The van der Waals surface area contributed by atoms with E-state index in [0.29, 0.717) is 10.8 Å². The van der Waals surface area contributed by atoms with E-state index in [4.69, 9.17) is 4.74 Å². The summed E-state index contributed by atoms with van der Waals surface area (Å²) >= 11 is 0. The Labute approximate surface area is 209 Å². The number of hydrogen-bond donors (Lipinski definition) is 0. The lowest BCUT2D eigenvalue weighted by Crippen LogP contribution is -2.50. The van der Waals surface area contributed by atoms with Crippen LogP contribution in [-0.2, 0) is 14.3 Å². The van der Waals surface area contributed by atoms with Gasteiger partial charge in [0.05, 0.1) is 19.4 Å². The highest BCUT2D eigenvalue weighted by atomic mass is 16.5. The highest BCUT2D eigenvalue weighted by Gasteiger charge is 2.59. The second kappa shape index (κ2) is 10.4. The van der Waals surface area contributed by atoms with E-state index < -0.39 is 0 Å². The van der Waals surface area contributed by atoms with Crippen molar-refractivity contribution in [1.29, 1.82) is 0 Å². The number of esters is 1. The molecule has 5 unspecified atom stereocenters. The largest absolute Gasteiger partial charge is 0.497 e. The lowest BCUT2D eigenvalue weighted by molar-refractivity contribution is -0.135. The summed E-state index contributed by atoms with van der Waals surface area (Å²) in [6, 6.07) is 0. The summed E-state index contributed by atoms with van der Waals surface area (Å²) < 4.78 is 10.6. The van der Waals surface area contributed by atoms with Gasteiger partial charge in [-0.25, -0.2) is 4.79 Å². The van der Waals surface area contributed by atoms with Crippen LogP contribution in [0.1, 0.15) is 105 Å². The summed E-state index contributed by atoms with van der Waals surface area (Å²) in [5, 5.41) is 0. The molecule has 0 aromatic heterocycles. The normalized spacial score (nSPS) is 40.3. The van der Waals surface area contributed by atoms with Crippen LogP contribution in [0.3, 0.4) is 0 Å². The topological polar surface area (TPSA) is 35.5 Å². The molecule has 3 nitrogen and oxygen atoms in total. The van der Waals surface area contributed by atoms with Crippen LogP contribution >= 0.6 is 0 Å². The van der Waals surface area contributed by atoms with Crippen LogP contribution in [0.15, 0.2) is 24.0 Å². The molecule has 0 bridgehead atoms. The number of fused-ring (bicyclic) bond motifs is 5. The zero-order valence-corrected chi connectivity index (χ0v) is 22.8. The molecule has 0 aromatic rings. The molecule has 34 heavy (non-hydrogen) atoms. The third-order valence-corrected chi connectivity index (χ3v) is 10.9. The maximum atomic E-state index is 11.4. The quantitative estimate of drug-likeness (QED) is 0.156. The van der Waals surface area contributed by atoms with Crippen molar-refractivity contribution in [3.8, 4) is 0 Å². The summed E-state index contributed by atoms with van der Waals surface area (Å²) in [7, 11) is 1.40. The predicted molar refractivity (Wildman–Crippen MR) is 139 cm³/mol. The van der Waals surface area contributed by atoms with Crippen LogP contribution < -0.4 is 0 Å². The van der Waals surface area contributed by atoms with Gasteiger partial charge in [-0.2, -0.15) is 0 Å². The SMILES string of the molecule is COC(=O)C=COC1CC[C@@]2(C)C(=CCC3C2CC[C@@]2(C)C3CC[C@@H]2C(C)CCCC(C)C)C1. The Morgan fingerprint density at radius 3 is 2.62 bits per heavy atom. The Bertz CT molecular complexity index is 782. The van der Waals surface area contributed by atoms with E-state index in [9.17, 15) is 4.79 Å². The summed E-state index contributed by atoms with van der Waals surface area (Å²) in [5.41, 5.74) is 2.53. The predicted octanol–water partition coefficient (Wildman–Crippen LogP) is 8.10. The third kappa shape index (κ3) is 4.87. The zero-order valence-electron chi connectivity index (χ0n) is 22.8. The minimum atomic E-state index is -0.352. The molecule has 0 radical (unpaired) electrons. The van der Waals surface area contributed by atoms with E-state index >= 15 is 0 Å². The van der Waals surface area contributed by atoms with Gasteiger partial charge in [-0.15, -0.1) is 0 Å². The molecule has 3 fully saturated rings. The van der Waals surface area contributed by atoms with Gasteiger partial charge in [0.2, 0.25) is 0 Å². The smallest absolute Gasteiger partial charge is 0.333 e. The van der Waals surface area contributed by atoms with E-state index in [2.05, 4.69) is 45.4 Å². The number of methoxy groups -OCH3 is 1. The fraction of sp³-hybridized carbons (Fsp3) is 0.839. The lowest BCUT2D eigenvalue weighted by atomic mass is 9.47. The Hall–Kier alpha value is -1.25. The molecule has 4 aliphatic rings. The molecule has 8 atom stereocenters. The average Bonchev–Trinajstić information content (AvgIpc) is 3.16. The summed E-state index contributed by atoms with van der Waals surface area (Å²) in [6.45, 7) is 12.6. The summed E-state index contributed by atoms with van der Waals surface area (Å²) in [6.07, 6.45) is 20.3. The van der Waals surface area contributed by atoms with Gasteiger partial charge in [-0.05, 0) is 91.3 Å². The maximum Gasteiger partial charge on any atom is 0.333 e. The Morgan fingerprint density at radius 2 is 1.88 bits per heavy atom. The van der Waals surface area contributed by atoms with Gasteiger partial charge in [0.15, 0.2) is 0 Å². The van der Waals surface area contributed by atoms with Crippen LogP contribution in [0.4, 0.5) is 0 Å². The third-order valence-electron chi connectivity index (χ3n) is 10.9. The summed E-state index contributed by atoms with van der Waals surface area (Å²) in [5.74, 6) is 4.91. The second-order valence-electron chi connectivity index (χ2n) is 13.1. The fourth-order valence-electron chi connectivity index (χ4n) is 9.04. The highest BCUT2D eigenvalue weighted by molar-refractivity contribution is 5.81. The standard InChI is InChI=1S/C31H50O3/c1-21(2)8-7-9-22(3)26-12-13-27-25-11-10-23-20-24(34-19-16-29(32)33-6)14-17-30(23,4)28(25)15-18-31(26,27)5/h10,16,19,21-22,24-28H,7-9,11-15,17-18,20H2,1-6H3/t22?,24?,25?,26-,27?,28?,30+,31-/m1/s1. The van der Waals surface area contributed by atoms with Gasteiger partial charge < -0.3 is 9.47 Å². The van der Waals surface area contributed by atoms with Crippen LogP contribution in [0.2, 0.25) is 0 Å². The van der Waals surface area contributed by atoms with Gasteiger partial charge in [-0.1, -0.05) is 65.5 Å². The molecule has 0 spiro atoms. The number of rotatable bonds is 8. The van der Waals surface area contributed by atoms with Crippen LogP contribution in [-0.4, -0.2) is 19.2 Å². The molecule has 4 aliphatic carbocycles. The first kappa shape index (κ1) is 25.8. The lowest BCUT2D eigenvalue weighted by Gasteiger charge is -2.58. The van der Waals surface area contributed by atoms with Gasteiger partial charge >= 0.3 is 5.97 Å². The Balaban J connectivity index is 1.42. The van der Waals surface area contributed by atoms with E-state index in [0.717, 1.165) is 48.3 Å². The first-order chi connectivity index (χ1) is 16.2. The van der Waals surface area contributed by atoms with E-state index in [1.807, 2.05) is 0 Å². The minimum absolute atomic E-state index is 0.188. The molecule has 0 aromatic carbocycles. The van der Waals surface area contributed by atoms with Crippen molar-refractivity contribution in [1.82, 2.24) is 0 Å². The Morgan fingerprint density at radius 1 is 1.09 bits per heavy atom. The van der Waals surface area contributed by atoms with Gasteiger partial charge in [0, 0.05) is 6.42 Å². The van der Waals surface area contributed by atoms with Crippen molar-refractivity contribution < 1.29 is 14.3 Å². The summed E-state index contributed by atoms with van der Waals surface area (Å²) in [4.78, 5) is 11.4. The van der Waals surface area contributed by atoms with Crippen molar-refractivity contribution in [2.75, 3.05) is 7.11 Å². The number of ether oxygens (including phenoxy) is 2. The average molecular weight is 471 g/mol. The first-order valence-corrected chi connectivity index (χ1v) is 14.3. The van der Waals surface area contributed by atoms with Crippen molar-refractivity contribution in [3.05, 3.63) is 24.0 Å². The fourth-order valence-corrected chi connectivity index (χ4v) is 9.04. The Kier molecular flexibility index (Phi) is 7.89. The van der Waals surface area contributed by atoms with Gasteiger partial charge in [0.25, 0.3) is 0 Å². The molecular formula is C31H50O3. The second-order valence-corrected chi connectivity index (χ2v) is 13.1. The van der Waals surface area contributed by atoms with Gasteiger partial charge in [-0.3, -0.25) is 0 Å². The van der Waals surface area contributed by atoms with Crippen LogP contribution in [0.5, 0.6) is 0 Å². The number of allylic oxidation sites excluding steroid dienone is 1. The molecule has 192 valence electrons. The molecular weight excluding hydrogens is 420 g/mol. The highest BCUT2D eigenvalue weighted by Crippen LogP contribution is 2.67. The van der Waals surface area contributed by atoms with Crippen LogP contribution in [0.25, 0.3) is 0 Å². The van der Waals surface area contributed by atoms with E-state index in [1.165, 1.54) is 71.0 Å². The number of carbonyl (C=O) groups excluding carboxylic acids is 1. The van der Waals surface area contributed by atoms with Crippen molar-refractivity contribution >= 4 is 5.97 Å². The number of hydrogen-bond acceptors (Lipinski definition) is 3. The molecule has 3 saturated carbocycles. The van der Waals surface area contributed by atoms with Gasteiger partial charge in [0.1, 0.15) is 6.10 Å². The number of carbonyl (C=O) groups is 1. The molecule has 0 N–H and O–H groups in total. The van der Waals surface area contributed by atoms with E-state index in [1.54, 1.807) is 11.8 Å². The molecule has 0 aliphatic heterocycles. The van der Waals surface area contributed by atoms with Crippen molar-refractivity contribution in [2.24, 2.45) is 46.3 Å². The molecule has 0 heterocycles. The molecule has 0 amide bonds. The first-order valence-electron chi connectivity index (χ1n) is 14.3. The zero-order chi connectivity index (χ0) is 24.5. The van der Waals surface area contributed by atoms with Crippen molar-refractivity contribution in [3.63, 3.8) is 0 Å². The molecule has 3 heteroatoms. The molecule has 0 saturated heterocycles. The monoisotopic (exact) mass is 470 g/mol. The van der Waals surface area contributed by atoms with E-state index in [-0.39, 0.29) is 12.1 Å². The minimum Gasteiger partial charge on any atom is -0.497 e. The van der Waals surface area contributed by atoms with Crippen molar-refractivity contribution in [2.45, 2.75) is 111 Å². The maximum absolute atomic E-state index is 11.4. The van der Waals surface area contributed by atoms with Crippen LogP contribution in [0, 0.1) is 46.3 Å².